The first-order chi connectivity index (χ1) is 23.7. The van der Waals surface area contributed by atoms with Gasteiger partial charge in [0.1, 0.15) is 29.1 Å². The van der Waals surface area contributed by atoms with Gasteiger partial charge in [0.05, 0.1) is 29.4 Å². The van der Waals surface area contributed by atoms with E-state index in [0.717, 1.165) is 62.6 Å². The Hall–Kier alpha value is -4.21. The molecule has 1 unspecified atom stereocenters. The summed E-state index contributed by atoms with van der Waals surface area (Å²) in [7, 11) is 1.93. The number of esters is 1. The minimum atomic E-state index is -0.384. The van der Waals surface area contributed by atoms with E-state index in [0.29, 0.717) is 68.3 Å². The Kier molecular flexibility index (Phi) is 10.7. The van der Waals surface area contributed by atoms with E-state index in [2.05, 4.69) is 11.5 Å². The summed E-state index contributed by atoms with van der Waals surface area (Å²) in [6.45, 7) is 7.20. The number of Topliss-reactive ketones (excluding diaryl/α,β-unsaturated/α-hetero) is 1. The van der Waals surface area contributed by atoms with E-state index in [1.165, 1.54) is 12.1 Å². The predicted molar refractivity (Wildman–Crippen MR) is 190 cm³/mol. The molecule has 6 rings (SSSR count). The molecule has 1 atom stereocenters. The van der Waals surface area contributed by atoms with E-state index in [1.807, 2.05) is 49.0 Å². The summed E-state index contributed by atoms with van der Waals surface area (Å²) >= 11 is 7.16. The van der Waals surface area contributed by atoms with Crippen molar-refractivity contribution in [3.05, 3.63) is 82.0 Å². The van der Waals surface area contributed by atoms with Crippen LogP contribution >= 0.6 is 11.6 Å². The predicted octanol–water partition coefficient (Wildman–Crippen LogP) is 8.96. The molecule has 2 aromatic heterocycles. The summed E-state index contributed by atoms with van der Waals surface area (Å²) in [6, 6.07) is 14.2. The molecule has 3 aromatic carbocycles. The molecular weight excluding hydrogens is 645 g/mol. The zero-order valence-corrected chi connectivity index (χ0v) is 29.4. The van der Waals surface area contributed by atoms with Gasteiger partial charge in [-0.1, -0.05) is 36.7 Å². The van der Waals surface area contributed by atoms with Crippen molar-refractivity contribution >= 4 is 45.0 Å². The Morgan fingerprint density at radius 1 is 1.08 bits per heavy atom. The average molecular weight is 688 g/mol. The van der Waals surface area contributed by atoms with Gasteiger partial charge < -0.3 is 23.6 Å². The number of carbonyl (C=O) groups excluding carboxylic acids is 2. The zero-order chi connectivity index (χ0) is 34.7. The molecule has 1 aliphatic heterocycles. The van der Waals surface area contributed by atoms with E-state index in [4.69, 9.17) is 30.9 Å². The van der Waals surface area contributed by atoms with Crippen LogP contribution in [0.1, 0.15) is 86.4 Å². The highest BCUT2D eigenvalue weighted by Gasteiger charge is 2.32. The van der Waals surface area contributed by atoms with Crippen LogP contribution in [0, 0.1) is 5.82 Å². The maximum absolute atomic E-state index is 13.8. The van der Waals surface area contributed by atoms with Crippen LogP contribution in [0.5, 0.6) is 5.75 Å². The second-order valence-corrected chi connectivity index (χ2v) is 13.0. The van der Waals surface area contributed by atoms with E-state index in [-0.39, 0.29) is 30.3 Å². The molecule has 5 aromatic rings. The van der Waals surface area contributed by atoms with Crippen molar-refractivity contribution in [3.8, 4) is 16.9 Å². The standard InChI is InChI=1S/C39H43ClFN3O5/c1-5-31-35-34-30(40)18-17-29-28(12-10-22-48-32-13-9-11-25-23-26(41)15-16-27(25)32)38(39(46)47-6-2)44(37(29)34)20-7-8-21-49-33(19-14-24(3)45)36(35)42-43(31)4/h9,11,13,15-18,23,33H,5-8,10,12,14,19-22H2,1-4H3. The highest BCUT2D eigenvalue weighted by atomic mass is 35.5. The van der Waals surface area contributed by atoms with Crippen molar-refractivity contribution in [1.82, 2.24) is 14.3 Å². The molecule has 0 bridgehead atoms. The van der Waals surface area contributed by atoms with E-state index in [9.17, 15) is 14.0 Å². The molecule has 0 fully saturated rings. The summed E-state index contributed by atoms with van der Waals surface area (Å²) < 4.78 is 36.2. The molecule has 0 aliphatic carbocycles. The molecule has 258 valence electrons. The number of carbonyl (C=O) groups is 2. The topological polar surface area (TPSA) is 84.6 Å². The Bertz CT molecular complexity index is 2020. The van der Waals surface area contributed by atoms with Gasteiger partial charge in [0, 0.05) is 54.2 Å². The summed E-state index contributed by atoms with van der Waals surface area (Å²) in [4.78, 5) is 25.9. The van der Waals surface area contributed by atoms with E-state index in [1.54, 1.807) is 13.0 Å². The smallest absolute Gasteiger partial charge is 0.355 e. The summed E-state index contributed by atoms with van der Waals surface area (Å²) in [6.07, 6.45) is 3.91. The number of benzene rings is 3. The van der Waals surface area contributed by atoms with Crippen LogP contribution in [0.15, 0.2) is 48.5 Å². The molecule has 0 saturated heterocycles. The van der Waals surface area contributed by atoms with E-state index < -0.39 is 0 Å². The lowest BCUT2D eigenvalue weighted by molar-refractivity contribution is -0.117. The van der Waals surface area contributed by atoms with Crippen LogP contribution in [-0.2, 0) is 40.7 Å². The normalized spacial score (nSPS) is 14.9. The number of ketones is 1. The van der Waals surface area contributed by atoms with Crippen LogP contribution in [0.3, 0.4) is 0 Å². The lowest BCUT2D eigenvalue weighted by Crippen LogP contribution is -2.15. The van der Waals surface area contributed by atoms with Crippen molar-refractivity contribution in [2.75, 3.05) is 19.8 Å². The first-order valence-corrected chi connectivity index (χ1v) is 17.6. The SMILES string of the molecule is CCOC(=O)c1c(CCCOc2cccc3cc(F)ccc23)c2ccc(Cl)c3c2n1CCCCOC(CCC(C)=O)c1nn(C)c(CC)c1-3. The quantitative estimate of drug-likeness (QED) is 0.102. The van der Waals surface area contributed by atoms with Crippen LogP contribution in [0.4, 0.5) is 4.39 Å². The van der Waals surface area contributed by atoms with Gasteiger partial charge in [0.2, 0.25) is 0 Å². The van der Waals surface area contributed by atoms with Crippen molar-refractivity contribution < 1.29 is 28.2 Å². The number of aryl methyl sites for hydroxylation is 3. The average Bonchev–Trinajstić information content (AvgIpc) is 3.56. The van der Waals surface area contributed by atoms with Crippen molar-refractivity contribution in [2.24, 2.45) is 7.05 Å². The summed E-state index contributed by atoms with van der Waals surface area (Å²) in [5.41, 5.74) is 5.75. The summed E-state index contributed by atoms with van der Waals surface area (Å²) in [5, 5.41) is 8.09. The fraction of sp³-hybridized carbons (Fsp3) is 0.410. The van der Waals surface area contributed by atoms with Gasteiger partial charge in [-0.2, -0.15) is 5.10 Å². The monoisotopic (exact) mass is 687 g/mol. The third-order valence-corrected chi connectivity index (χ3v) is 9.63. The van der Waals surface area contributed by atoms with Gasteiger partial charge in [0.15, 0.2) is 0 Å². The van der Waals surface area contributed by atoms with E-state index >= 15 is 0 Å². The van der Waals surface area contributed by atoms with Crippen LogP contribution in [0.25, 0.3) is 32.8 Å². The largest absolute Gasteiger partial charge is 0.493 e. The number of rotatable bonds is 11. The number of hydrogen-bond acceptors (Lipinski definition) is 6. The lowest BCUT2D eigenvalue weighted by atomic mass is 9.94. The first kappa shape index (κ1) is 34.6. The highest BCUT2D eigenvalue weighted by molar-refractivity contribution is 6.35. The van der Waals surface area contributed by atoms with Gasteiger partial charge in [-0.3, -0.25) is 4.68 Å². The van der Waals surface area contributed by atoms with Gasteiger partial charge in [-0.25, -0.2) is 9.18 Å². The molecule has 0 saturated carbocycles. The Labute approximate surface area is 291 Å². The van der Waals surface area contributed by atoms with Crippen LogP contribution < -0.4 is 4.74 Å². The number of fused-ring (bicyclic) bond motifs is 3. The number of hydrogen-bond donors (Lipinski definition) is 0. The zero-order valence-electron chi connectivity index (χ0n) is 28.6. The van der Waals surface area contributed by atoms with Crippen LogP contribution in [0.2, 0.25) is 5.02 Å². The second-order valence-electron chi connectivity index (χ2n) is 12.6. The number of nitrogens with zero attached hydrogens (tertiary/aromatic N) is 3. The number of halogens is 2. The molecule has 3 heterocycles. The number of ether oxygens (including phenoxy) is 3. The fourth-order valence-corrected chi connectivity index (χ4v) is 7.38. The molecule has 8 nitrogen and oxygen atoms in total. The third kappa shape index (κ3) is 6.96. The number of aromatic nitrogens is 3. The molecular formula is C39H43ClFN3O5. The molecule has 10 heteroatoms. The van der Waals surface area contributed by atoms with Crippen molar-refractivity contribution in [1.29, 1.82) is 0 Å². The van der Waals surface area contributed by atoms with Gasteiger partial charge in [-0.05, 0) is 93.7 Å². The molecule has 0 N–H and O–H groups in total. The molecule has 0 spiro atoms. The maximum atomic E-state index is 13.8. The Morgan fingerprint density at radius 2 is 1.90 bits per heavy atom. The van der Waals surface area contributed by atoms with Gasteiger partial charge in [0.25, 0.3) is 0 Å². The fourth-order valence-electron chi connectivity index (χ4n) is 7.14. The maximum Gasteiger partial charge on any atom is 0.355 e. The highest BCUT2D eigenvalue weighted by Crippen LogP contribution is 2.45. The summed E-state index contributed by atoms with van der Waals surface area (Å²) in [5.74, 6) is 0.121. The van der Waals surface area contributed by atoms with Gasteiger partial charge in [-0.15, -0.1) is 0 Å². The second kappa shape index (κ2) is 15.1. The molecule has 49 heavy (non-hydrogen) atoms. The minimum absolute atomic E-state index is 0.0992. The first-order valence-electron chi connectivity index (χ1n) is 17.2. The van der Waals surface area contributed by atoms with Gasteiger partial charge >= 0.3 is 5.97 Å². The van der Waals surface area contributed by atoms with Crippen molar-refractivity contribution in [2.45, 2.75) is 78.4 Å². The Balaban J connectivity index is 1.47. The lowest BCUT2D eigenvalue weighted by Gasteiger charge is -2.18. The third-order valence-electron chi connectivity index (χ3n) is 9.31. The van der Waals surface area contributed by atoms with Crippen molar-refractivity contribution in [3.63, 3.8) is 0 Å². The Morgan fingerprint density at radius 3 is 2.67 bits per heavy atom. The minimum Gasteiger partial charge on any atom is -0.493 e. The van der Waals surface area contributed by atoms with Crippen LogP contribution in [-0.4, -0.2) is 45.9 Å². The molecule has 1 aliphatic rings. The molecule has 0 amide bonds. The molecule has 0 radical (unpaired) electrons.